The highest BCUT2D eigenvalue weighted by atomic mass is 32.3. The Labute approximate surface area is 115 Å². The van der Waals surface area contributed by atoms with Crippen molar-refractivity contribution in [2.75, 3.05) is 3.71 Å². The highest BCUT2D eigenvalue weighted by Gasteiger charge is 2.23. The number of hydrogen-bond acceptors (Lipinski definition) is 3. The summed E-state index contributed by atoms with van der Waals surface area (Å²) in [5.74, 6) is 11.0. The third-order valence-corrected chi connectivity index (χ3v) is 3.57. The molecule has 0 spiro atoms. The highest BCUT2D eigenvalue weighted by Crippen LogP contribution is 2.27. The summed E-state index contributed by atoms with van der Waals surface area (Å²) in [5.41, 5.74) is 0.468. The van der Waals surface area contributed by atoms with Crippen LogP contribution in [0.5, 0.6) is 0 Å². The maximum absolute atomic E-state index is 12.7. The summed E-state index contributed by atoms with van der Waals surface area (Å²) in [4.78, 5) is 0. The second kappa shape index (κ2) is 7.03. The van der Waals surface area contributed by atoms with Gasteiger partial charge in [0, 0.05) is 5.56 Å². The van der Waals surface area contributed by atoms with Crippen molar-refractivity contribution < 1.29 is 16.2 Å². The summed E-state index contributed by atoms with van der Waals surface area (Å²) in [6, 6.07) is 5.46. The molecule has 19 heavy (non-hydrogen) atoms. The zero-order chi connectivity index (χ0) is 14.3. The molecule has 3 nitrogen and oxygen atoms in total. The predicted molar refractivity (Wildman–Crippen MR) is 72.6 cm³/mol. The van der Waals surface area contributed by atoms with E-state index in [4.69, 9.17) is 0 Å². The molecule has 1 aromatic carbocycles. The van der Waals surface area contributed by atoms with Crippen LogP contribution in [0.3, 0.4) is 0 Å². The Morgan fingerprint density at radius 1 is 1.26 bits per heavy atom. The zero-order valence-electron chi connectivity index (χ0n) is 9.85. The van der Waals surface area contributed by atoms with Gasteiger partial charge in [0.05, 0.1) is 12.1 Å². The molecule has 0 saturated heterocycles. The van der Waals surface area contributed by atoms with Gasteiger partial charge >= 0.3 is 10.4 Å². The molecule has 1 aromatic rings. The average Bonchev–Trinajstić information content (AvgIpc) is 2.35. The molecule has 1 rings (SSSR count). The van der Waals surface area contributed by atoms with E-state index >= 15 is 0 Å². The van der Waals surface area contributed by atoms with E-state index < -0.39 is 22.7 Å². The number of anilines is 1. The van der Waals surface area contributed by atoms with Crippen molar-refractivity contribution in [2.45, 2.75) is 13.3 Å². The molecule has 0 aliphatic rings. The van der Waals surface area contributed by atoms with Crippen LogP contribution in [0.15, 0.2) is 24.3 Å². The van der Waals surface area contributed by atoms with Crippen LogP contribution in [0, 0.1) is 23.7 Å². The smallest absolute Gasteiger partial charge is 0.170 e. The number of benzene rings is 1. The van der Waals surface area contributed by atoms with Crippen LogP contribution in [0.2, 0.25) is 0 Å². The van der Waals surface area contributed by atoms with Crippen LogP contribution in [-0.2, 0) is 10.4 Å². The minimum absolute atomic E-state index is 0.0627. The third-order valence-electron chi connectivity index (χ3n) is 1.93. The average molecular weight is 301 g/mol. The van der Waals surface area contributed by atoms with Gasteiger partial charge in [0.2, 0.25) is 0 Å². The van der Waals surface area contributed by atoms with Gasteiger partial charge in [0.1, 0.15) is 0 Å². The van der Waals surface area contributed by atoms with Crippen LogP contribution < -0.4 is 3.71 Å². The van der Waals surface area contributed by atoms with Crippen molar-refractivity contribution in [3.63, 3.8) is 0 Å². The van der Waals surface area contributed by atoms with Gasteiger partial charge in [-0.15, -0.1) is 9.81 Å². The molecule has 0 atom stereocenters. The lowest BCUT2D eigenvalue weighted by atomic mass is 10.2. The number of rotatable bonds is 3. The fraction of sp³-hybridized carbons (Fsp3) is 0.167. The number of halogens is 2. The fourth-order valence-corrected chi connectivity index (χ4v) is 1.99. The van der Waals surface area contributed by atoms with E-state index in [0.29, 0.717) is 12.0 Å². The van der Waals surface area contributed by atoms with Crippen molar-refractivity contribution >= 4 is 28.4 Å². The first-order chi connectivity index (χ1) is 8.99. The van der Waals surface area contributed by atoms with Crippen LogP contribution in [0.25, 0.3) is 0 Å². The van der Waals surface area contributed by atoms with E-state index in [1.807, 2.05) is 0 Å². The molecule has 7 heteroatoms. The predicted octanol–water partition coefficient (Wildman–Crippen LogP) is 3.00. The summed E-state index contributed by atoms with van der Waals surface area (Å²) >= 11 is -0.724. The molecule has 0 radical (unpaired) electrons. The summed E-state index contributed by atoms with van der Waals surface area (Å²) < 4.78 is 46.4. The zero-order valence-corrected chi connectivity index (χ0v) is 11.5. The Balaban J connectivity index is 2.91. The molecule has 0 unspecified atom stereocenters. The first kappa shape index (κ1) is 15.4. The molecule has 0 fully saturated rings. The lowest BCUT2D eigenvalue weighted by molar-refractivity contribution is 0.554. The van der Waals surface area contributed by atoms with E-state index in [2.05, 4.69) is 23.7 Å². The number of nitrogens with zero attached hydrogens (tertiary/aromatic N) is 1. The molecule has 0 amide bonds. The number of hydrogen-bond donors (Lipinski definition) is 0. The topological polar surface area (TPSA) is 37.4 Å². The molecule has 0 aromatic heterocycles. The molecule has 0 aliphatic heterocycles. The normalized spacial score (nSPS) is 9.84. The third kappa shape index (κ3) is 4.82. The lowest BCUT2D eigenvalue weighted by Gasteiger charge is -2.12. The van der Waals surface area contributed by atoms with E-state index in [0.717, 1.165) is 0 Å². The van der Waals surface area contributed by atoms with Crippen molar-refractivity contribution in [2.24, 2.45) is 0 Å². The minimum atomic E-state index is -5.14. The van der Waals surface area contributed by atoms with Crippen molar-refractivity contribution in [1.82, 2.24) is 0 Å². The molecule has 100 valence electrons. The summed E-state index contributed by atoms with van der Waals surface area (Å²) in [6.07, 6.45) is 0.420. The molecule has 0 bridgehead atoms. The van der Waals surface area contributed by atoms with Gasteiger partial charge in [-0.25, -0.2) is 0 Å². The van der Waals surface area contributed by atoms with Gasteiger partial charge in [-0.05, 0) is 31.2 Å². The molecule has 0 aliphatic carbocycles. The molecule has 0 heterocycles. The maximum atomic E-state index is 12.7. The standard InChI is InChI=1S/C12H9F2NO2S2/c1-2-3-4-5-6-11-7-9-12(10-8-11)15(18-13)19(14,16)17/h7-10H,4H2,1H3. The van der Waals surface area contributed by atoms with E-state index in [1.165, 1.54) is 24.3 Å². The Kier molecular flexibility index (Phi) is 5.68. The Bertz CT molecular complexity index is 649. The van der Waals surface area contributed by atoms with E-state index in [1.54, 1.807) is 6.92 Å². The fourth-order valence-electron chi connectivity index (χ4n) is 1.14. The molecule has 0 N–H and O–H groups in total. The Morgan fingerprint density at radius 2 is 1.89 bits per heavy atom. The van der Waals surface area contributed by atoms with E-state index in [9.17, 15) is 16.2 Å². The SMILES string of the molecule is CC#CCC#Cc1ccc(N(SF)S(=O)(=O)F)cc1. The molecular formula is C12H9F2NO2S2. The summed E-state index contributed by atoms with van der Waals surface area (Å²) in [5, 5.41) is 0. The first-order valence-corrected chi connectivity index (χ1v) is 7.02. The van der Waals surface area contributed by atoms with Gasteiger partial charge in [-0.3, -0.25) is 0 Å². The second-order valence-corrected chi connectivity index (χ2v) is 5.11. The van der Waals surface area contributed by atoms with Gasteiger partial charge in [-0.2, -0.15) is 12.1 Å². The van der Waals surface area contributed by atoms with Gasteiger partial charge in [0.15, 0.2) is 12.3 Å². The first-order valence-electron chi connectivity index (χ1n) is 5.01. The van der Waals surface area contributed by atoms with Crippen LogP contribution in [-0.4, -0.2) is 8.42 Å². The van der Waals surface area contributed by atoms with Gasteiger partial charge in [-0.1, -0.05) is 21.6 Å². The van der Waals surface area contributed by atoms with E-state index in [-0.39, 0.29) is 9.40 Å². The van der Waals surface area contributed by atoms with Gasteiger partial charge < -0.3 is 0 Å². The lowest BCUT2D eigenvalue weighted by Crippen LogP contribution is -2.17. The van der Waals surface area contributed by atoms with Crippen LogP contribution >= 0.6 is 12.3 Å². The second-order valence-electron chi connectivity index (χ2n) is 3.19. The summed E-state index contributed by atoms with van der Waals surface area (Å²) in [6.45, 7) is 1.71. The molecular weight excluding hydrogens is 292 g/mol. The van der Waals surface area contributed by atoms with Gasteiger partial charge in [0.25, 0.3) is 0 Å². The summed E-state index contributed by atoms with van der Waals surface area (Å²) in [7, 11) is -5.14. The molecule has 0 saturated carbocycles. The Hall–Kier alpha value is -1.70. The van der Waals surface area contributed by atoms with Crippen molar-refractivity contribution in [3.05, 3.63) is 29.8 Å². The monoisotopic (exact) mass is 301 g/mol. The van der Waals surface area contributed by atoms with Crippen LogP contribution in [0.1, 0.15) is 18.9 Å². The van der Waals surface area contributed by atoms with Crippen molar-refractivity contribution in [1.29, 1.82) is 0 Å². The minimum Gasteiger partial charge on any atom is -0.170 e. The Morgan fingerprint density at radius 3 is 2.37 bits per heavy atom. The van der Waals surface area contributed by atoms with Crippen molar-refractivity contribution in [3.8, 4) is 23.7 Å². The largest absolute Gasteiger partial charge is 0.411 e. The maximum Gasteiger partial charge on any atom is 0.411 e. The quantitative estimate of drug-likeness (QED) is 0.489. The highest BCUT2D eigenvalue weighted by molar-refractivity contribution is 8.10. The van der Waals surface area contributed by atoms with Crippen LogP contribution in [0.4, 0.5) is 13.5 Å².